The van der Waals surface area contributed by atoms with Gasteiger partial charge in [-0.1, -0.05) is 42.7 Å². The van der Waals surface area contributed by atoms with Crippen LogP contribution in [0.15, 0.2) is 24.3 Å². The van der Waals surface area contributed by atoms with E-state index in [9.17, 15) is 19.8 Å². The van der Waals surface area contributed by atoms with Crippen LogP contribution < -0.4 is 5.32 Å². The Morgan fingerprint density at radius 3 is 2.28 bits per heavy atom. The van der Waals surface area contributed by atoms with Crippen LogP contribution in [0.1, 0.15) is 55.8 Å². The highest BCUT2D eigenvalue weighted by atomic mass is 16.4. The van der Waals surface area contributed by atoms with E-state index in [2.05, 4.69) is 5.32 Å². The Labute approximate surface area is 147 Å². The van der Waals surface area contributed by atoms with Crippen molar-refractivity contribution in [1.29, 1.82) is 0 Å². The van der Waals surface area contributed by atoms with Crippen molar-refractivity contribution < 1.29 is 24.9 Å². The molecule has 2 atom stereocenters. The summed E-state index contributed by atoms with van der Waals surface area (Å²) in [5, 5.41) is 31.8. The molecule has 0 aromatic heterocycles. The molecule has 6 heteroatoms. The van der Waals surface area contributed by atoms with Crippen molar-refractivity contribution in [2.75, 3.05) is 6.61 Å². The van der Waals surface area contributed by atoms with E-state index in [4.69, 9.17) is 5.11 Å². The summed E-state index contributed by atoms with van der Waals surface area (Å²) in [6, 6.07) is 6.42. The number of carbonyl (C=O) groups excluding carboxylic acids is 1. The smallest absolute Gasteiger partial charge is 0.303 e. The number of carbonyl (C=O) groups is 2. The number of aryl methyl sites for hydroxylation is 1. The molecule has 0 heterocycles. The van der Waals surface area contributed by atoms with E-state index in [1.165, 1.54) is 0 Å². The minimum atomic E-state index is -1.02. The van der Waals surface area contributed by atoms with Gasteiger partial charge in [0.1, 0.15) is 6.10 Å². The monoisotopic (exact) mass is 349 g/mol. The third-order valence-corrected chi connectivity index (χ3v) is 5.07. The Hall–Kier alpha value is -1.92. The zero-order valence-corrected chi connectivity index (χ0v) is 14.6. The molecule has 4 N–H and O–H groups in total. The number of hydrogen-bond acceptors (Lipinski definition) is 4. The van der Waals surface area contributed by atoms with E-state index >= 15 is 0 Å². The lowest BCUT2D eigenvalue weighted by atomic mass is 9.79. The fourth-order valence-electron chi connectivity index (χ4n) is 3.68. The molecule has 1 unspecified atom stereocenters. The number of benzene rings is 1. The molecule has 1 aliphatic rings. The number of nitrogens with one attached hydrogen (secondary N) is 1. The Kier molecular flexibility index (Phi) is 6.56. The summed E-state index contributed by atoms with van der Waals surface area (Å²) in [5.41, 5.74) is 1.16. The molecule has 1 amide bonds. The average Bonchev–Trinajstić information content (AvgIpc) is 2.99. The number of rotatable bonds is 8. The maximum Gasteiger partial charge on any atom is 0.303 e. The van der Waals surface area contributed by atoms with E-state index in [0.29, 0.717) is 5.56 Å². The SMILES string of the molecule is Cc1ccc([C@@H](O)C(CO)NC(=O)CC2(CC(=O)O)CCCC2)cc1. The third kappa shape index (κ3) is 5.28. The second kappa shape index (κ2) is 8.45. The summed E-state index contributed by atoms with van der Waals surface area (Å²) in [7, 11) is 0. The lowest BCUT2D eigenvalue weighted by Crippen LogP contribution is -2.43. The maximum atomic E-state index is 12.4. The van der Waals surface area contributed by atoms with Crippen LogP contribution in [0.25, 0.3) is 0 Å². The molecular weight excluding hydrogens is 322 g/mol. The topological polar surface area (TPSA) is 107 Å². The van der Waals surface area contributed by atoms with Gasteiger partial charge in [-0.15, -0.1) is 0 Å². The Balaban J connectivity index is 2.01. The zero-order chi connectivity index (χ0) is 18.4. The maximum absolute atomic E-state index is 12.4. The van der Waals surface area contributed by atoms with E-state index < -0.39 is 30.1 Å². The standard InChI is InChI=1S/C19H27NO5/c1-13-4-6-14(7-5-13)18(25)15(12-21)20-16(22)10-19(11-17(23)24)8-2-3-9-19/h4-7,15,18,21,25H,2-3,8-12H2,1H3,(H,20,22)(H,23,24)/t15?,18-/m1/s1. The fraction of sp³-hybridized carbons (Fsp3) is 0.579. The van der Waals surface area contributed by atoms with Crippen LogP contribution in [0, 0.1) is 12.3 Å². The Morgan fingerprint density at radius 2 is 1.76 bits per heavy atom. The molecule has 6 nitrogen and oxygen atoms in total. The fourth-order valence-corrected chi connectivity index (χ4v) is 3.68. The van der Waals surface area contributed by atoms with Gasteiger partial charge in [0.15, 0.2) is 0 Å². The normalized spacial score (nSPS) is 18.5. The number of aliphatic hydroxyl groups is 2. The van der Waals surface area contributed by atoms with Crippen LogP contribution in [-0.2, 0) is 9.59 Å². The molecule has 1 fully saturated rings. The van der Waals surface area contributed by atoms with Gasteiger partial charge in [-0.3, -0.25) is 9.59 Å². The predicted octanol–water partition coefficient (Wildman–Crippen LogP) is 1.93. The Bertz CT molecular complexity index is 592. The van der Waals surface area contributed by atoms with Crippen LogP contribution >= 0.6 is 0 Å². The van der Waals surface area contributed by atoms with E-state index in [1.807, 2.05) is 19.1 Å². The van der Waals surface area contributed by atoms with Crippen molar-refractivity contribution >= 4 is 11.9 Å². The van der Waals surface area contributed by atoms with Crippen molar-refractivity contribution in [3.63, 3.8) is 0 Å². The van der Waals surface area contributed by atoms with Gasteiger partial charge in [-0.25, -0.2) is 0 Å². The molecule has 0 saturated heterocycles. The zero-order valence-electron chi connectivity index (χ0n) is 14.6. The van der Waals surface area contributed by atoms with Gasteiger partial charge >= 0.3 is 5.97 Å². The summed E-state index contributed by atoms with van der Waals surface area (Å²) in [4.78, 5) is 23.5. The van der Waals surface area contributed by atoms with Gasteiger partial charge < -0.3 is 20.6 Å². The van der Waals surface area contributed by atoms with E-state index in [-0.39, 0.29) is 18.7 Å². The van der Waals surface area contributed by atoms with Gasteiger partial charge in [0, 0.05) is 6.42 Å². The highest BCUT2D eigenvalue weighted by Gasteiger charge is 2.38. The third-order valence-electron chi connectivity index (χ3n) is 5.07. The first kappa shape index (κ1) is 19.4. The molecular formula is C19H27NO5. The molecule has 1 aliphatic carbocycles. The number of hydrogen-bond donors (Lipinski definition) is 4. The lowest BCUT2D eigenvalue weighted by molar-refractivity contribution is -0.140. The van der Waals surface area contributed by atoms with E-state index in [1.54, 1.807) is 12.1 Å². The number of amides is 1. The number of aliphatic hydroxyl groups excluding tert-OH is 2. The quantitative estimate of drug-likeness (QED) is 0.574. The number of aliphatic carboxylic acids is 1. The van der Waals surface area contributed by atoms with Crippen molar-refractivity contribution in [2.45, 2.75) is 57.6 Å². The molecule has 0 bridgehead atoms. The van der Waals surface area contributed by atoms with Crippen molar-refractivity contribution in [3.8, 4) is 0 Å². The number of carboxylic acids is 1. The van der Waals surface area contributed by atoms with Crippen LogP contribution in [-0.4, -0.2) is 39.8 Å². The van der Waals surface area contributed by atoms with Gasteiger partial charge in [-0.05, 0) is 30.7 Å². The van der Waals surface area contributed by atoms with Gasteiger partial charge in [0.25, 0.3) is 0 Å². The second-order valence-electron chi connectivity index (χ2n) is 7.17. The molecule has 138 valence electrons. The first-order chi connectivity index (χ1) is 11.8. The average molecular weight is 349 g/mol. The molecule has 0 aliphatic heterocycles. The van der Waals surface area contributed by atoms with Gasteiger partial charge in [0.05, 0.1) is 19.1 Å². The highest BCUT2D eigenvalue weighted by molar-refractivity contribution is 5.78. The summed E-state index contributed by atoms with van der Waals surface area (Å²) in [5.74, 6) is -1.22. The lowest BCUT2D eigenvalue weighted by Gasteiger charge is -2.29. The summed E-state index contributed by atoms with van der Waals surface area (Å²) >= 11 is 0. The minimum Gasteiger partial charge on any atom is -0.481 e. The second-order valence-corrected chi connectivity index (χ2v) is 7.17. The first-order valence-electron chi connectivity index (χ1n) is 8.72. The van der Waals surface area contributed by atoms with E-state index in [0.717, 1.165) is 31.2 Å². The predicted molar refractivity (Wildman–Crippen MR) is 92.9 cm³/mol. The molecule has 1 aromatic carbocycles. The molecule has 0 radical (unpaired) electrons. The largest absolute Gasteiger partial charge is 0.481 e. The summed E-state index contributed by atoms with van der Waals surface area (Å²) in [6.07, 6.45) is 2.36. The van der Waals surface area contributed by atoms with Crippen molar-refractivity contribution in [1.82, 2.24) is 5.32 Å². The highest BCUT2D eigenvalue weighted by Crippen LogP contribution is 2.44. The van der Waals surface area contributed by atoms with Crippen molar-refractivity contribution in [3.05, 3.63) is 35.4 Å². The van der Waals surface area contributed by atoms with Crippen molar-refractivity contribution in [2.24, 2.45) is 5.41 Å². The molecule has 1 aromatic rings. The molecule has 1 saturated carbocycles. The Morgan fingerprint density at radius 1 is 1.16 bits per heavy atom. The van der Waals surface area contributed by atoms with Crippen LogP contribution in [0.2, 0.25) is 0 Å². The van der Waals surface area contributed by atoms with Crippen LogP contribution in [0.4, 0.5) is 0 Å². The van der Waals surface area contributed by atoms with Gasteiger partial charge in [-0.2, -0.15) is 0 Å². The first-order valence-corrected chi connectivity index (χ1v) is 8.72. The van der Waals surface area contributed by atoms with Crippen LogP contribution in [0.5, 0.6) is 0 Å². The summed E-state index contributed by atoms with van der Waals surface area (Å²) < 4.78 is 0. The minimum absolute atomic E-state index is 0.0231. The molecule has 0 spiro atoms. The van der Waals surface area contributed by atoms with Gasteiger partial charge in [0.2, 0.25) is 5.91 Å². The number of carboxylic acid groups (broad SMARTS) is 1. The summed E-state index contributed by atoms with van der Waals surface area (Å²) in [6.45, 7) is 1.54. The molecule has 2 rings (SSSR count). The molecule has 25 heavy (non-hydrogen) atoms. The van der Waals surface area contributed by atoms with Crippen LogP contribution in [0.3, 0.4) is 0 Å².